The van der Waals surface area contributed by atoms with Crippen molar-refractivity contribution in [1.29, 1.82) is 0 Å². The van der Waals surface area contributed by atoms with E-state index in [4.69, 9.17) is 5.11 Å². The van der Waals surface area contributed by atoms with E-state index in [-0.39, 0.29) is 17.9 Å². The van der Waals surface area contributed by atoms with Crippen LogP contribution in [0.1, 0.15) is 36.8 Å². The van der Waals surface area contributed by atoms with Crippen molar-refractivity contribution in [3.8, 4) is 11.8 Å². The van der Waals surface area contributed by atoms with Crippen LogP contribution in [0.2, 0.25) is 0 Å². The first-order valence-corrected chi connectivity index (χ1v) is 8.37. The third-order valence-electron chi connectivity index (χ3n) is 4.94. The minimum atomic E-state index is 0.114. The van der Waals surface area contributed by atoms with Crippen molar-refractivity contribution >= 4 is 5.91 Å². The highest BCUT2D eigenvalue weighted by Gasteiger charge is 2.40. The Balaban J connectivity index is 1.51. The Hall–Kier alpha value is -1.83. The minimum Gasteiger partial charge on any atom is -0.395 e. The molecule has 0 unspecified atom stereocenters. The van der Waals surface area contributed by atoms with Gasteiger partial charge >= 0.3 is 0 Å². The number of likely N-dealkylation sites (tertiary alicyclic amines) is 1. The third kappa shape index (κ3) is 4.13. The van der Waals surface area contributed by atoms with Gasteiger partial charge in [0, 0.05) is 31.5 Å². The number of rotatable bonds is 3. The van der Waals surface area contributed by atoms with E-state index in [1.165, 1.54) is 5.56 Å². The van der Waals surface area contributed by atoms with Crippen molar-refractivity contribution < 1.29 is 9.90 Å². The van der Waals surface area contributed by atoms with E-state index in [0.717, 1.165) is 44.6 Å². The number of nitrogens with zero attached hydrogens (tertiary/aromatic N) is 1. The molecule has 2 saturated heterocycles. The molecule has 4 nitrogen and oxygen atoms in total. The van der Waals surface area contributed by atoms with Crippen LogP contribution < -0.4 is 5.32 Å². The molecule has 0 aromatic heterocycles. The Bertz CT molecular complexity index is 604. The van der Waals surface area contributed by atoms with Crippen molar-refractivity contribution in [3.05, 3.63) is 35.4 Å². The molecular weight excluding hydrogens is 288 g/mol. The van der Waals surface area contributed by atoms with Gasteiger partial charge in [0.15, 0.2) is 0 Å². The molecule has 2 N–H and O–H groups in total. The summed E-state index contributed by atoms with van der Waals surface area (Å²) in [5, 5.41) is 11.7. The van der Waals surface area contributed by atoms with Gasteiger partial charge in [-0.25, -0.2) is 0 Å². The maximum Gasteiger partial charge on any atom is 0.220 e. The summed E-state index contributed by atoms with van der Waals surface area (Å²) in [7, 11) is 0. The van der Waals surface area contributed by atoms with Crippen LogP contribution >= 0.6 is 0 Å². The van der Waals surface area contributed by atoms with Crippen LogP contribution in [0.3, 0.4) is 0 Å². The molecule has 0 aliphatic carbocycles. The average molecular weight is 312 g/mol. The van der Waals surface area contributed by atoms with Crippen molar-refractivity contribution in [2.24, 2.45) is 5.41 Å². The van der Waals surface area contributed by atoms with Gasteiger partial charge < -0.3 is 10.4 Å². The van der Waals surface area contributed by atoms with E-state index in [9.17, 15) is 4.79 Å². The first-order valence-electron chi connectivity index (χ1n) is 8.37. The van der Waals surface area contributed by atoms with Gasteiger partial charge in [0.1, 0.15) is 0 Å². The highest BCUT2D eigenvalue weighted by atomic mass is 16.2. The van der Waals surface area contributed by atoms with Crippen molar-refractivity contribution in [1.82, 2.24) is 10.2 Å². The summed E-state index contributed by atoms with van der Waals surface area (Å²) in [5.74, 6) is 6.21. The molecule has 0 atom stereocenters. The largest absolute Gasteiger partial charge is 0.395 e. The number of nitrogens with one attached hydrogen (secondary N) is 1. The summed E-state index contributed by atoms with van der Waals surface area (Å²) >= 11 is 0. The molecule has 4 heteroatoms. The minimum absolute atomic E-state index is 0.114. The second-order valence-electron chi connectivity index (χ2n) is 6.70. The fourth-order valence-corrected chi connectivity index (χ4v) is 3.46. The Morgan fingerprint density at radius 2 is 1.96 bits per heavy atom. The van der Waals surface area contributed by atoms with E-state index in [1.54, 1.807) is 0 Å². The quantitative estimate of drug-likeness (QED) is 0.832. The van der Waals surface area contributed by atoms with Crippen LogP contribution in [0.25, 0.3) is 0 Å². The topological polar surface area (TPSA) is 52.6 Å². The Morgan fingerprint density at radius 3 is 2.57 bits per heavy atom. The van der Waals surface area contributed by atoms with Gasteiger partial charge in [-0.15, -0.1) is 0 Å². The van der Waals surface area contributed by atoms with E-state index >= 15 is 0 Å². The van der Waals surface area contributed by atoms with Crippen LogP contribution in [0.4, 0.5) is 0 Å². The number of piperidine rings is 1. The Kier molecular flexibility index (Phi) is 5.00. The zero-order valence-electron chi connectivity index (χ0n) is 13.5. The van der Waals surface area contributed by atoms with Crippen molar-refractivity contribution in [2.75, 3.05) is 26.2 Å². The van der Waals surface area contributed by atoms with Crippen LogP contribution in [-0.2, 0) is 11.3 Å². The zero-order valence-corrected chi connectivity index (χ0v) is 13.5. The monoisotopic (exact) mass is 312 g/mol. The lowest BCUT2D eigenvalue weighted by atomic mass is 9.77. The number of hydrogen-bond acceptors (Lipinski definition) is 3. The average Bonchev–Trinajstić information content (AvgIpc) is 2.93. The lowest BCUT2D eigenvalue weighted by Crippen LogP contribution is -2.40. The predicted molar refractivity (Wildman–Crippen MR) is 89.6 cm³/mol. The Morgan fingerprint density at radius 1 is 1.22 bits per heavy atom. The number of carbonyl (C=O) groups excluding carboxylic acids is 1. The number of carbonyl (C=O) groups is 1. The molecule has 1 amide bonds. The van der Waals surface area contributed by atoms with Crippen LogP contribution in [-0.4, -0.2) is 42.2 Å². The normalized spacial score (nSPS) is 20.1. The second-order valence-corrected chi connectivity index (χ2v) is 6.70. The molecule has 0 bridgehead atoms. The van der Waals surface area contributed by atoms with Gasteiger partial charge in [-0.3, -0.25) is 9.69 Å². The first kappa shape index (κ1) is 16.0. The highest BCUT2D eigenvalue weighted by Crippen LogP contribution is 2.37. The first-order chi connectivity index (χ1) is 11.2. The second kappa shape index (κ2) is 7.16. The molecule has 2 aliphatic rings. The van der Waals surface area contributed by atoms with E-state index in [0.29, 0.717) is 12.8 Å². The summed E-state index contributed by atoms with van der Waals surface area (Å²) < 4.78 is 0. The molecule has 1 aromatic carbocycles. The van der Waals surface area contributed by atoms with E-state index in [1.807, 2.05) is 12.1 Å². The number of aliphatic hydroxyl groups excluding tert-OH is 1. The molecule has 0 radical (unpaired) electrons. The van der Waals surface area contributed by atoms with Gasteiger partial charge in [-0.2, -0.15) is 0 Å². The molecule has 2 heterocycles. The zero-order chi connectivity index (χ0) is 16.1. The molecule has 23 heavy (non-hydrogen) atoms. The summed E-state index contributed by atoms with van der Waals surface area (Å²) in [5.41, 5.74) is 2.52. The summed E-state index contributed by atoms with van der Waals surface area (Å²) in [6.07, 6.45) is 3.45. The summed E-state index contributed by atoms with van der Waals surface area (Å²) in [4.78, 5) is 13.9. The van der Waals surface area contributed by atoms with Gasteiger partial charge in [-0.1, -0.05) is 24.0 Å². The van der Waals surface area contributed by atoms with Gasteiger partial charge in [0.2, 0.25) is 5.91 Å². The lowest BCUT2D eigenvalue weighted by molar-refractivity contribution is -0.119. The predicted octanol–water partition coefficient (Wildman–Crippen LogP) is 1.52. The summed E-state index contributed by atoms with van der Waals surface area (Å²) in [6, 6.07) is 8.36. The third-order valence-corrected chi connectivity index (χ3v) is 4.94. The SMILES string of the molecule is O=C1CC2(CCN(Cc3ccc(C#CCCO)cc3)CC2)CN1. The van der Waals surface area contributed by atoms with E-state index < -0.39 is 0 Å². The molecule has 1 spiro atoms. The summed E-state index contributed by atoms with van der Waals surface area (Å²) in [6.45, 7) is 4.06. The van der Waals surface area contributed by atoms with Crippen molar-refractivity contribution in [2.45, 2.75) is 32.2 Å². The molecule has 0 saturated carbocycles. The molecule has 2 fully saturated rings. The maximum atomic E-state index is 11.5. The fraction of sp³-hybridized carbons (Fsp3) is 0.526. The number of aliphatic hydroxyl groups is 1. The Labute approximate surface area is 137 Å². The fourth-order valence-electron chi connectivity index (χ4n) is 3.46. The molecule has 1 aromatic rings. The lowest BCUT2D eigenvalue weighted by Gasteiger charge is -2.38. The standard InChI is InChI=1S/C19H24N2O2/c22-12-2-1-3-16-4-6-17(7-5-16)14-21-10-8-19(9-11-21)13-18(23)20-15-19/h4-7,22H,2,8-15H2,(H,20,23). The van der Waals surface area contributed by atoms with Crippen molar-refractivity contribution in [3.63, 3.8) is 0 Å². The van der Waals surface area contributed by atoms with Gasteiger partial charge in [0.05, 0.1) is 6.61 Å². The van der Waals surface area contributed by atoms with Crippen LogP contribution in [0, 0.1) is 17.3 Å². The highest BCUT2D eigenvalue weighted by molar-refractivity contribution is 5.79. The maximum absolute atomic E-state index is 11.5. The van der Waals surface area contributed by atoms with Gasteiger partial charge in [-0.05, 0) is 49.0 Å². The number of benzene rings is 1. The number of amides is 1. The molecule has 2 aliphatic heterocycles. The van der Waals surface area contributed by atoms with Crippen LogP contribution in [0.5, 0.6) is 0 Å². The van der Waals surface area contributed by atoms with E-state index in [2.05, 4.69) is 34.2 Å². The molecule has 3 rings (SSSR count). The molecule has 122 valence electrons. The smallest absolute Gasteiger partial charge is 0.220 e. The number of hydrogen-bond donors (Lipinski definition) is 2. The van der Waals surface area contributed by atoms with Gasteiger partial charge in [0.25, 0.3) is 0 Å². The molecular formula is C19H24N2O2. The van der Waals surface area contributed by atoms with Crippen LogP contribution in [0.15, 0.2) is 24.3 Å².